The van der Waals surface area contributed by atoms with Gasteiger partial charge >= 0.3 is 0 Å². The molecule has 6 nitrogen and oxygen atoms in total. The topological polar surface area (TPSA) is 74.0 Å². The zero-order valence-electron chi connectivity index (χ0n) is 16.5. The number of nitrogens with zero attached hydrogens (tertiary/aromatic N) is 2. The molecule has 0 radical (unpaired) electrons. The summed E-state index contributed by atoms with van der Waals surface area (Å²) in [5.74, 6) is -1.00. The van der Waals surface area contributed by atoms with E-state index in [9.17, 15) is 14.7 Å². The van der Waals surface area contributed by atoms with Crippen LogP contribution in [-0.4, -0.2) is 52.8 Å². The Hall–Kier alpha value is -2.86. The van der Waals surface area contributed by atoms with E-state index in [1.54, 1.807) is 24.3 Å². The minimum Gasteiger partial charge on any atom is -0.507 e. The van der Waals surface area contributed by atoms with Gasteiger partial charge in [0.05, 0.1) is 11.8 Å². The predicted molar refractivity (Wildman–Crippen MR) is 107 cm³/mol. The molecule has 2 aromatic rings. The molecule has 2 heterocycles. The van der Waals surface area contributed by atoms with E-state index in [2.05, 4.69) is 18.7 Å². The van der Waals surface area contributed by atoms with E-state index >= 15 is 0 Å². The van der Waals surface area contributed by atoms with E-state index in [0.717, 1.165) is 18.7 Å². The summed E-state index contributed by atoms with van der Waals surface area (Å²) >= 11 is 0. The van der Waals surface area contributed by atoms with Crippen molar-refractivity contribution in [2.24, 2.45) is 0 Å². The molecule has 0 aliphatic carbocycles. The molecule has 3 rings (SSSR count). The second-order valence-corrected chi connectivity index (χ2v) is 6.90. The van der Waals surface area contributed by atoms with E-state index in [0.29, 0.717) is 24.4 Å². The van der Waals surface area contributed by atoms with Gasteiger partial charge in [0, 0.05) is 18.7 Å². The Morgan fingerprint density at radius 2 is 1.82 bits per heavy atom. The largest absolute Gasteiger partial charge is 0.507 e. The molecule has 0 saturated carbocycles. The van der Waals surface area contributed by atoms with Gasteiger partial charge in [-0.25, -0.2) is 0 Å². The monoisotopic (exact) mass is 382 g/mol. The quantitative estimate of drug-likeness (QED) is 0.452. The van der Waals surface area contributed by atoms with Gasteiger partial charge in [0.15, 0.2) is 0 Å². The molecule has 1 atom stereocenters. The Morgan fingerprint density at radius 1 is 1.14 bits per heavy atom. The zero-order chi connectivity index (χ0) is 20.3. The number of benzene rings is 1. The predicted octanol–water partition coefficient (Wildman–Crippen LogP) is 3.35. The molecule has 1 saturated heterocycles. The number of rotatable bonds is 7. The molecule has 0 spiro atoms. The summed E-state index contributed by atoms with van der Waals surface area (Å²) in [7, 11) is 0. The molecule has 1 aliphatic heterocycles. The Balaban J connectivity index is 2.03. The van der Waals surface area contributed by atoms with Crippen molar-refractivity contribution in [3.8, 4) is 0 Å². The highest BCUT2D eigenvalue weighted by Gasteiger charge is 2.47. The first kappa shape index (κ1) is 19.9. The second kappa shape index (κ2) is 8.44. The Labute approximate surface area is 165 Å². The van der Waals surface area contributed by atoms with Crippen LogP contribution in [0.4, 0.5) is 0 Å². The molecule has 1 fully saturated rings. The number of carbonyl (C=O) groups is 2. The van der Waals surface area contributed by atoms with Gasteiger partial charge in [-0.05, 0) is 32.1 Å². The average Bonchev–Trinajstić information content (AvgIpc) is 3.31. The Bertz CT molecular complexity index is 864. The smallest absolute Gasteiger partial charge is 0.295 e. The third kappa shape index (κ3) is 3.73. The molecule has 1 aliphatic rings. The highest BCUT2D eigenvalue weighted by atomic mass is 16.3. The van der Waals surface area contributed by atoms with Crippen LogP contribution in [0.5, 0.6) is 0 Å². The number of ketones is 1. The molecule has 148 valence electrons. The molecule has 1 aromatic heterocycles. The average molecular weight is 382 g/mol. The lowest BCUT2D eigenvalue weighted by atomic mass is 9.99. The van der Waals surface area contributed by atoms with Crippen LogP contribution in [0.1, 0.15) is 36.8 Å². The fourth-order valence-electron chi connectivity index (χ4n) is 3.51. The maximum Gasteiger partial charge on any atom is 0.295 e. The summed E-state index contributed by atoms with van der Waals surface area (Å²) in [4.78, 5) is 29.3. The van der Waals surface area contributed by atoms with Crippen molar-refractivity contribution in [2.75, 3.05) is 26.2 Å². The van der Waals surface area contributed by atoms with Gasteiger partial charge in [0.1, 0.15) is 17.6 Å². The van der Waals surface area contributed by atoms with Crippen molar-refractivity contribution in [2.45, 2.75) is 26.8 Å². The minimum atomic E-state index is -0.730. The van der Waals surface area contributed by atoms with Crippen molar-refractivity contribution in [1.29, 1.82) is 0 Å². The second-order valence-electron chi connectivity index (χ2n) is 6.90. The number of likely N-dealkylation sites (tertiary alicyclic amines) is 1. The number of aliphatic hydroxyl groups is 1. The van der Waals surface area contributed by atoms with Crippen LogP contribution in [-0.2, 0) is 9.59 Å². The normalized spacial score (nSPS) is 19.0. The highest BCUT2D eigenvalue weighted by molar-refractivity contribution is 6.46. The summed E-state index contributed by atoms with van der Waals surface area (Å²) in [6, 6.07) is 9.91. The van der Waals surface area contributed by atoms with Gasteiger partial charge in [-0.1, -0.05) is 43.7 Å². The van der Waals surface area contributed by atoms with Crippen LogP contribution in [0.3, 0.4) is 0 Å². The van der Waals surface area contributed by atoms with E-state index in [1.807, 2.05) is 19.1 Å². The molecule has 0 unspecified atom stereocenters. The van der Waals surface area contributed by atoms with Crippen molar-refractivity contribution in [3.05, 3.63) is 65.1 Å². The van der Waals surface area contributed by atoms with Gasteiger partial charge in [0.2, 0.25) is 0 Å². The Morgan fingerprint density at radius 3 is 2.39 bits per heavy atom. The van der Waals surface area contributed by atoms with Crippen LogP contribution in [0.15, 0.2) is 52.7 Å². The lowest BCUT2D eigenvalue weighted by Gasteiger charge is -2.26. The van der Waals surface area contributed by atoms with E-state index in [4.69, 9.17) is 4.42 Å². The van der Waals surface area contributed by atoms with E-state index in [1.165, 1.54) is 11.2 Å². The van der Waals surface area contributed by atoms with Crippen LogP contribution in [0.2, 0.25) is 0 Å². The summed E-state index contributed by atoms with van der Waals surface area (Å²) in [6.45, 7) is 8.78. The van der Waals surface area contributed by atoms with Gasteiger partial charge in [-0.15, -0.1) is 0 Å². The first-order chi connectivity index (χ1) is 13.5. The number of aryl methyl sites for hydroxylation is 1. The third-order valence-electron chi connectivity index (χ3n) is 5.23. The highest BCUT2D eigenvalue weighted by Crippen LogP contribution is 2.39. The lowest BCUT2D eigenvalue weighted by Crippen LogP contribution is -2.37. The first-order valence-electron chi connectivity index (χ1n) is 9.59. The number of hydrogen-bond donors (Lipinski definition) is 1. The van der Waals surface area contributed by atoms with Crippen molar-refractivity contribution < 1.29 is 19.1 Å². The summed E-state index contributed by atoms with van der Waals surface area (Å²) in [5.41, 5.74) is 1.62. The molecular weight excluding hydrogens is 356 g/mol. The van der Waals surface area contributed by atoms with Crippen molar-refractivity contribution in [3.63, 3.8) is 0 Å². The first-order valence-corrected chi connectivity index (χ1v) is 9.59. The zero-order valence-corrected chi connectivity index (χ0v) is 16.5. The van der Waals surface area contributed by atoms with E-state index < -0.39 is 17.7 Å². The minimum absolute atomic E-state index is 0.0725. The molecule has 6 heteroatoms. The summed E-state index contributed by atoms with van der Waals surface area (Å²) in [6.07, 6.45) is 1.51. The molecule has 28 heavy (non-hydrogen) atoms. The molecule has 1 amide bonds. The standard InChI is InChI=1S/C22H26N2O4/c1-4-23(5-2)12-13-24-19(17-7-6-14-28-17)18(21(26)22(24)27)20(25)16-10-8-15(3)9-11-16/h6-11,14,19,25H,4-5,12-13H2,1-3H3/t19-/m0/s1. The Kier molecular flexibility index (Phi) is 5.99. The number of aliphatic hydroxyl groups excluding tert-OH is 1. The van der Waals surface area contributed by atoms with Crippen molar-refractivity contribution >= 4 is 17.4 Å². The lowest BCUT2D eigenvalue weighted by molar-refractivity contribution is -0.140. The van der Waals surface area contributed by atoms with Gasteiger partial charge < -0.3 is 19.3 Å². The number of amides is 1. The van der Waals surface area contributed by atoms with Crippen LogP contribution in [0, 0.1) is 6.92 Å². The van der Waals surface area contributed by atoms with Gasteiger partial charge in [-0.3, -0.25) is 9.59 Å². The third-order valence-corrected chi connectivity index (χ3v) is 5.23. The fraction of sp³-hybridized carbons (Fsp3) is 0.364. The SMILES string of the molecule is CCN(CC)CCN1C(=O)C(=O)C(=C(O)c2ccc(C)cc2)[C@@H]1c1ccco1. The van der Waals surface area contributed by atoms with Gasteiger partial charge in [-0.2, -0.15) is 0 Å². The number of likely N-dealkylation sites (N-methyl/N-ethyl adjacent to an activating group) is 1. The molecule has 1 N–H and O–H groups in total. The number of carbonyl (C=O) groups excluding carboxylic acids is 2. The van der Waals surface area contributed by atoms with Crippen LogP contribution < -0.4 is 0 Å². The van der Waals surface area contributed by atoms with Gasteiger partial charge in [0.25, 0.3) is 11.7 Å². The maximum absolute atomic E-state index is 12.8. The maximum atomic E-state index is 12.8. The van der Waals surface area contributed by atoms with Crippen LogP contribution in [0.25, 0.3) is 5.76 Å². The number of furan rings is 1. The number of Topliss-reactive ketones (excluding diaryl/α,β-unsaturated/α-hetero) is 1. The fourth-order valence-corrected chi connectivity index (χ4v) is 3.51. The van der Waals surface area contributed by atoms with E-state index in [-0.39, 0.29) is 11.3 Å². The summed E-state index contributed by atoms with van der Waals surface area (Å²) in [5, 5.41) is 10.9. The number of hydrogen-bond acceptors (Lipinski definition) is 5. The van der Waals surface area contributed by atoms with Crippen molar-refractivity contribution in [1.82, 2.24) is 9.80 Å². The molecular formula is C22H26N2O4. The summed E-state index contributed by atoms with van der Waals surface area (Å²) < 4.78 is 5.53. The molecule has 0 bridgehead atoms. The van der Waals surface area contributed by atoms with Crippen LogP contribution >= 0.6 is 0 Å². The molecule has 1 aromatic carbocycles.